The molecule has 1 aromatic carbocycles. The average molecular weight is 343 g/mol. The van der Waals surface area contributed by atoms with E-state index in [-0.39, 0.29) is 5.91 Å². The van der Waals surface area contributed by atoms with Crippen molar-refractivity contribution in [3.63, 3.8) is 0 Å². The Morgan fingerprint density at radius 3 is 2.32 bits per heavy atom. The summed E-state index contributed by atoms with van der Waals surface area (Å²) >= 11 is 6.12. The number of carbonyl (C=O) groups is 1. The average Bonchev–Trinajstić information content (AvgIpc) is 2.46. The number of benzene rings is 1. The molecule has 22 heavy (non-hydrogen) atoms. The highest BCUT2D eigenvalue weighted by Crippen LogP contribution is 2.23. The fraction of sp³-hybridized carbons (Fsp3) is 0.400. The van der Waals surface area contributed by atoms with Gasteiger partial charge in [0.05, 0.1) is 6.26 Å². The van der Waals surface area contributed by atoms with Crippen LogP contribution in [0.3, 0.4) is 0 Å². The summed E-state index contributed by atoms with van der Waals surface area (Å²) in [5.74, 6) is -0.120. The van der Waals surface area contributed by atoms with E-state index < -0.39 is 10.0 Å². The second-order valence-corrected chi connectivity index (χ2v) is 7.68. The lowest BCUT2D eigenvalue weighted by atomic mass is 10.1. The molecule has 1 fully saturated rings. The van der Waals surface area contributed by atoms with Crippen molar-refractivity contribution in [3.8, 4) is 0 Å². The van der Waals surface area contributed by atoms with Gasteiger partial charge in [-0.3, -0.25) is 4.79 Å². The predicted molar refractivity (Wildman–Crippen MR) is 88.1 cm³/mol. The zero-order valence-electron chi connectivity index (χ0n) is 12.6. The van der Waals surface area contributed by atoms with Crippen LogP contribution in [0.1, 0.15) is 12.5 Å². The van der Waals surface area contributed by atoms with Crippen molar-refractivity contribution in [1.29, 1.82) is 0 Å². The van der Waals surface area contributed by atoms with Crippen molar-refractivity contribution >= 4 is 33.1 Å². The number of halogens is 1. The number of rotatable bonds is 3. The molecule has 0 saturated carbocycles. The van der Waals surface area contributed by atoms with Gasteiger partial charge in [0.25, 0.3) is 0 Å². The lowest BCUT2D eigenvalue weighted by Gasteiger charge is -2.32. The van der Waals surface area contributed by atoms with Gasteiger partial charge >= 0.3 is 0 Å². The van der Waals surface area contributed by atoms with Crippen LogP contribution in [-0.4, -0.2) is 56.0 Å². The molecule has 0 unspecified atom stereocenters. The van der Waals surface area contributed by atoms with E-state index in [2.05, 4.69) is 0 Å². The number of nitrogens with zero attached hydrogens (tertiary/aromatic N) is 2. The van der Waals surface area contributed by atoms with E-state index in [0.29, 0.717) is 31.2 Å². The summed E-state index contributed by atoms with van der Waals surface area (Å²) in [6.45, 7) is 3.31. The number of hydrogen-bond donors (Lipinski definition) is 0. The van der Waals surface area contributed by atoms with E-state index in [4.69, 9.17) is 11.6 Å². The molecule has 0 aliphatic carbocycles. The van der Waals surface area contributed by atoms with Crippen molar-refractivity contribution in [2.75, 3.05) is 32.4 Å². The number of piperazine rings is 1. The van der Waals surface area contributed by atoms with Gasteiger partial charge in [0.2, 0.25) is 15.9 Å². The monoisotopic (exact) mass is 342 g/mol. The topological polar surface area (TPSA) is 57.7 Å². The molecule has 0 spiro atoms. The maximum absolute atomic E-state index is 12.3. The van der Waals surface area contributed by atoms with E-state index in [1.54, 1.807) is 17.0 Å². The zero-order valence-corrected chi connectivity index (χ0v) is 14.2. The van der Waals surface area contributed by atoms with Gasteiger partial charge in [-0.1, -0.05) is 29.8 Å². The molecular formula is C15H19ClN2O3S. The maximum atomic E-state index is 12.3. The first-order valence-corrected chi connectivity index (χ1v) is 9.19. The molecule has 1 aromatic rings. The molecule has 7 heteroatoms. The van der Waals surface area contributed by atoms with Crippen LogP contribution in [0.15, 0.2) is 30.3 Å². The summed E-state index contributed by atoms with van der Waals surface area (Å²) in [6, 6.07) is 7.35. The third-order valence-corrected chi connectivity index (χ3v) is 5.29. The molecular weight excluding hydrogens is 324 g/mol. The third-order valence-electron chi connectivity index (χ3n) is 3.66. The molecule has 1 aliphatic rings. The Kier molecular flexibility index (Phi) is 5.26. The lowest BCUT2D eigenvalue weighted by molar-refractivity contribution is -0.127. The summed E-state index contributed by atoms with van der Waals surface area (Å²) < 4.78 is 24.3. The largest absolute Gasteiger partial charge is 0.337 e. The third kappa shape index (κ3) is 4.09. The summed E-state index contributed by atoms with van der Waals surface area (Å²) in [7, 11) is -3.18. The molecule has 1 heterocycles. The first-order chi connectivity index (χ1) is 10.3. The molecule has 1 amide bonds. The molecule has 0 N–H and O–H groups in total. The molecule has 0 aromatic heterocycles. The molecule has 2 rings (SSSR count). The van der Waals surface area contributed by atoms with E-state index in [0.717, 1.165) is 11.1 Å². The van der Waals surface area contributed by atoms with Crippen LogP contribution in [0, 0.1) is 0 Å². The first-order valence-electron chi connectivity index (χ1n) is 6.96. The number of amides is 1. The summed E-state index contributed by atoms with van der Waals surface area (Å²) in [5.41, 5.74) is 1.62. The predicted octanol–water partition coefficient (Wildman–Crippen LogP) is 1.85. The highest BCUT2D eigenvalue weighted by molar-refractivity contribution is 7.88. The van der Waals surface area contributed by atoms with Gasteiger partial charge in [-0.2, -0.15) is 4.31 Å². The normalized spacial score (nSPS) is 17.6. The molecule has 1 saturated heterocycles. The molecule has 0 atom stereocenters. The molecule has 5 nitrogen and oxygen atoms in total. The van der Waals surface area contributed by atoms with Gasteiger partial charge in [0, 0.05) is 37.3 Å². The smallest absolute Gasteiger partial charge is 0.246 e. The van der Waals surface area contributed by atoms with Crippen molar-refractivity contribution < 1.29 is 13.2 Å². The lowest BCUT2D eigenvalue weighted by Crippen LogP contribution is -2.49. The fourth-order valence-corrected chi connectivity index (χ4v) is 3.49. The number of carbonyl (C=O) groups excluding carboxylic acids is 1. The van der Waals surface area contributed by atoms with Crippen molar-refractivity contribution in [1.82, 2.24) is 9.21 Å². The number of allylic oxidation sites excluding steroid dienone is 1. The van der Waals surface area contributed by atoms with Crippen LogP contribution in [0.2, 0.25) is 5.02 Å². The van der Waals surface area contributed by atoms with Gasteiger partial charge in [-0.15, -0.1) is 0 Å². The zero-order chi connectivity index (χ0) is 16.3. The Bertz CT molecular complexity index is 692. The SMILES string of the molecule is C/C(=C\C(=O)N1CCN(S(C)(=O)=O)CC1)c1ccccc1Cl. The highest BCUT2D eigenvalue weighted by atomic mass is 35.5. The van der Waals surface area contributed by atoms with E-state index >= 15 is 0 Å². The first kappa shape index (κ1) is 17.0. The molecule has 1 aliphatic heterocycles. The van der Waals surface area contributed by atoms with Crippen molar-refractivity contribution in [2.45, 2.75) is 6.92 Å². The molecule has 0 bridgehead atoms. The second kappa shape index (κ2) is 6.81. The van der Waals surface area contributed by atoms with E-state index in [1.165, 1.54) is 10.6 Å². The highest BCUT2D eigenvalue weighted by Gasteiger charge is 2.25. The number of hydrogen-bond acceptors (Lipinski definition) is 3. The minimum absolute atomic E-state index is 0.120. The summed E-state index contributed by atoms with van der Waals surface area (Å²) in [5, 5.41) is 0.603. The van der Waals surface area contributed by atoms with Crippen LogP contribution < -0.4 is 0 Å². The standard InChI is InChI=1S/C15H19ClN2O3S/c1-12(13-5-3-4-6-14(13)16)11-15(19)17-7-9-18(10-8-17)22(2,20)21/h3-6,11H,7-10H2,1-2H3/b12-11+. The second-order valence-electron chi connectivity index (χ2n) is 5.29. The van der Waals surface area contributed by atoms with Crippen LogP contribution in [0.25, 0.3) is 5.57 Å². The Balaban J connectivity index is 2.05. The van der Waals surface area contributed by atoms with Crippen molar-refractivity contribution in [2.24, 2.45) is 0 Å². The quantitative estimate of drug-likeness (QED) is 0.788. The molecule has 120 valence electrons. The Morgan fingerprint density at radius 2 is 1.77 bits per heavy atom. The van der Waals surface area contributed by atoms with Gasteiger partial charge in [0.1, 0.15) is 0 Å². The van der Waals surface area contributed by atoms with E-state index in [9.17, 15) is 13.2 Å². The van der Waals surface area contributed by atoms with E-state index in [1.807, 2.05) is 25.1 Å². The van der Waals surface area contributed by atoms with Crippen LogP contribution in [0.5, 0.6) is 0 Å². The Labute approximate surface area is 136 Å². The number of sulfonamides is 1. The van der Waals surface area contributed by atoms with Gasteiger partial charge in [-0.25, -0.2) is 8.42 Å². The summed E-state index contributed by atoms with van der Waals surface area (Å²) in [6.07, 6.45) is 2.74. The fourth-order valence-electron chi connectivity index (χ4n) is 2.38. The van der Waals surface area contributed by atoms with Crippen LogP contribution >= 0.6 is 11.6 Å². The Morgan fingerprint density at radius 1 is 1.18 bits per heavy atom. The molecule has 0 radical (unpaired) electrons. The van der Waals surface area contributed by atoms with Crippen LogP contribution in [0.4, 0.5) is 0 Å². The Hall–Kier alpha value is -1.37. The van der Waals surface area contributed by atoms with Gasteiger partial charge in [-0.05, 0) is 24.1 Å². The minimum atomic E-state index is -3.18. The minimum Gasteiger partial charge on any atom is -0.337 e. The maximum Gasteiger partial charge on any atom is 0.246 e. The summed E-state index contributed by atoms with van der Waals surface area (Å²) in [4.78, 5) is 13.9. The van der Waals surface area contributed by atoms with Crippen molar-refractivity contribution in [3.05, 3.63) is 40.9 Å². The van der Waals surface area contributed by atoms with Gasteiger partial charge < -0.3 is 4.90 Å². The van der Waals surface area contributed by atoms with Crippen LogP contribution in [-0.2, 0) is 14.8 Å². The van der Waals surface area contributed by atoms with Gasteiger partial charge in [0.15, 0.2) is 0 Å².